The molecule has 2 aromatic carbocycles. The number of aliphatic carboxylic acids is 1. The zero-order valence-corrected chi connectivity index (χ0v) is 26.9. The van der Waals surface area contributed by atoms with Crippen LogP contribution in [-0.4, -0.2) is 70.9 Å². The van der Waals surface area contributed by atoms with E-state index < -0.39 is 23.8 Å². The van der Waals surface area contributed by atoms with Gasteiger partial charge in [0.25, 0.3) is 0 Å². The van der Waals surface area contributed by atoms with Crippen molar-refractivity contribution in [2.24, 2.45) is 5.92 Å². The van der Waals surface area contributed by atoms with Crippen LogP contribution in [0.25, 0.3) is 0 Å². The lowest BCUT2D eigenvalue weighted by atomic mass is 9.83. The Balaban J connectivity index is 1.52. The minimum atomic E-state index is -0.948. The number of carboxylic acids is 1. The second-order valence-corrected chi connectivity index (χ2v) is 12.1. The van der Waals surface area contributed by atoms with Gasteiger partial charge in [-0.25, -0.2) is 14.4 Å². The summed E-state index contributed by atoms with van der Waals surface area (Å²) in [5, 5.41) is 10.7. The number of amides is 1. The van der Waals surface area contributed by atoms with Gasteiger partial charge in [0.05, 0.1) is 19.6 Å². The Morgan fingerprint density at radius 2 is 1.87 bits per heavy atom. The van der Waals surface area contributed by atoms with Gasteiger partial charge in [0.15, 0.2) is 11.5 Å². The van der Waals surface area contributed by atoms with Gasteiger partial charge in [-0.2, -0.15) is 0 Å². The van der Waals surface area contributed by atoms with Crippen LogP contribution in [0.3, 0.4) is 0 Å². The van der Waals surface area contributed by atoms with Crippen LogP contribution < -0.4 is 19.1 Å². The van der Waals surface area contributed by atoms with Crippen LogP contribution in [0.5, 0.6) is 17.2 Å². The molecule has 3 aromatic rings. The number of likely N-dealkylation sites (tertiary alicyclic amines) is 1. The van der Waals surface area contributed by atoms with Gasteiger partial charge in [-0.05, 0) is 73.7 Å². The standard InChI is InChI=1S/C35H43FN4O6/c1-5-8-24(9-6-2)40(25-10-11-27(36)22(3)16-25)32(41)20-39-19-26(23-17-29(44-4)34-30(18-23)45-21-46-34)33(35(42)43)28(39)12-13-31-37-14-7-15-38-31/h7,10-11,14-18,24,26,28,33H,5-6,8-9,12-13,19-21H2,1-4H3,(H,42,43)/t26-,28+,33-/m1/s1. The second-order valence-electron chi connectivity index (χ2n) is 12.1. The number of carbonyl (C=O) groups is 2. The van der Waals surface area contributed by atoms with E-state index in [0.29, 0.717) is 53.7 Å². The zero-order valence-electron chi connectivity index (χ0n) is 26.9. The van der Waals surface area contributed by atoms with Gasteiger partial charge < -0.3 is 24.2 Å². The van der Waals surface area contributed by atoms with Crippen molar-refractivity contribution >= 4 is 17.6 Å². The first kappa shape index (κ1) is 33.1. The van der Waals surface area contributed by atoms with E-state index in [1.54, 1.807) is 37.5 Å². The minimum Gasteiger partial charge on any atom is -0.493 e. The van der Waals surface area contributed by atoms with Crippen molar-refractivity contribution in [1.82, 2.24) is 14.9 Å². The molecule has 0 spiro atoms. The Kier molecular flexibility index (Phi) is 10.7. The SMILES string of the molecule is CCCC(CCC)N(C(=O)CN1C[C@H](c2cc(OC)c3c(c2)OCO3)[C@@H](C(=O)O)[C@@H]1CCc1ncccn1)c1ccc(F)c(C)c1. The molecule has 10 nitrogen and oxygen atoms in total. The van der Waals surface area contributed by atoms with E-state index in [4.69, 9.17) is 14.2 Å². The molecule has 1 fully saturated rings. The van der Waals surface area contributed by atoms with Crippen molar-refractivity contribution in [3.8, 4) is 17.2 Å². The number of hydrogen-bond donors (Lipinski definition) is 1. The Morgan fingerprint density at radius 3 is 2.52 bits per heavy atom. The fraction of sp³-hybridized carbons (Fsp3) is 0.486. The summed E-state index contributed by atoms with van der Waals surface area (Å²) in [5.41, 5.74) is 1.85. The van der Waals surface area contributed by atoms with Crippen molar-refractivity contribution in [1.29, 1.82) is 0 Å². The first-order chi connectivity index (χ1) is 22.2. The molecule has 246 valence electrons. The highest BCUT2D eigenvalue weighted by atomic mass is 19.1. The van der Waals surface area contributed by atoms with E-state index in [9.17, 15) is 19.1 Å². The molecule has 0 radical (unpaired) electrons. The van der Waals surface area contributed by atoms with Gasteiger partial charge in [0, 0.05) is 49.0 Å². The number of fused-ring (bicyclic) bond motifs is 1. The van der Waals surface area contributed by atoms with Crippen LogP contribution in [0.1, 0.15) is 68.8 Å². The molecule has 3 atom stereocenters. The summed E-state index contributed by atoms with van der Waals surface area (Å²) in [7, 11) is 1.53. The summed E-state index contributed by atoms with van der Waals surface area (Å²) in [6.07, 6.45) is 7.57. The fourth-order valence-electron chi connectivity index (χ4n) is 6.95. The number of benzene rings is 2. The molecule has 1 amide bonds. The summed E-state index contributed by atoms with van der Waals surface area (Å²) in [4.78, 5) is 40.0. The third-order valence-electron chi connectivity index (χ3n) is 9.06. The molecular formula is C35H43FN4O6. The molecule has 2 aliphatic heterocycles. The minimum absolute atomic E-state index is 0.00261. The van der Waals surface area contributed by atoms with Crippen molar-refractivity contribution in [3.63, 3.8) is 0 Å². The predicted octanol–water partition coefficient (Wildman–Crippen LogP) is 5.76. The number of carbonyl (C=O) groups excluding carboxylic acids is 1. The summed E-state index contributed by atoms with van der Waals surface area (Å²) in [6, 6.07) is 9.60. The molecule has 1 N–H and O–H groups in total. The maximum absolute atomic E-state index is 14.4. The lowest BCUT2D eigenvalue weighted by Crippen LogP contribution is -2.48. The molecule has 5 rings (SSSR count). The van der Waals surface area contributed by atoms with Crippen molar-refractivity contribution < 1.29 is 33.3 Å². The van der Waals surface area contributed by atoms with E-state index in [-0.39, 0.29) is 31.1 Å². The van der Waals surface area contributed by atoms with Crippen molar-refractivity contribution in [2.75, 3.05) is 31.9 Å². The normalized spacial score (nSPS) is 19.0. The Labute approximate surface area is 269 Å². The van der Waals surface area contributed by atoms with Crippen LogP contribution in [0, 0.1) is 18.7 Å². The number of anilines is 1. The van der Waals surface area contributed by atoms with Crippen LogP contribution in [0.4, 0.5) is 10.1 Å². The Bertz CT molecular complexity index is 1520. The summed E-state index contributed by atoms with van der Waals surface area (Å²) >= 11 is 0. The number of aryl methyl sites for hydroxylation is 2. The van der Waals surface area contributed by atoms with Gasteiger partial charge in [0.2, 0.25) is 18.4 Å². The van der Waals surface area contributed by atoms with Crippen molar-refractivity contribution in [2.45, 2.75) is 77.3 Å². The second kappa shape index (κ2) is 14.9. The van der Waals surface area contributed by atoms with Crippen LogP contribution >= 0.6 is 0 Å². The number of hydrogen-bond acceptors (Lipinski definition) is 8. The van der Waals surface area contributed by atoms with Crippen LogP contribution in [0.15, 0.2) is 48.8 Å². The lowest BCUT2D eigenvalue weighted by molar-refractivity contribution is -0.143. The zero-order chi connectivity index (χ0) is 32.8. The molecule has 0 saturated carbocycles. The van der Waals surface area contributed by atoms with Crippen LogP contribution in [-0.2, 0) is 16.0 Å². The van der Waals surface area contributed by atoms with Gasteiger partial charge in [-0.3, -0.25) is 14.5 Å². The number of methoxy groups -OCH3 is 1. The molecule has 3 heterocycles. The maximum atomic E-state index is 14.4. The number of halogens is 1. The average molecular weight is 635 g/mol. The summed E-state index contributed by atoms with van der Waals surface area (Å²) in [5.74, 6) is -0.635. The first-order valence-corrected chi connectivity index (χ1v) is 16.0. The lowest BCUT2D eigenvalue weighted by Gasteiger charge is -2.35. The molecule has 0 bridgehead atoms. The molecule has 46 heavy (non-hydrogen) atoms. The van der Waals surface area contributed by atoms with Gasteiger partial charge in [0.1, 0.15) is 11.6 Å². The summed E-state index contributed by atoms with van der Waals surface area (Å²) in [6.45, 7) is 6.25. The summed E-state index contributed by atoms with van der Waals surface area (Å²) < 4.78 is 31.1. The third-order valence-corrected chi connectivity index (χ3v) is 9.06. The Morgan fingerprint density at radius 1 is 1.13 bits per heavy atom. The molecule has 2 aliphatic rings. The van der Waals surface area contributed by atoms with Gasteiger partial charge >= 0.3 is 5.97 Å². The highest BCUT2D eigenvalue weighted by molar-refractivity contribution is 5.95. The van der Waals surface area contributed by atoms with Crippen molar-refractivity contribution in [3.05, 3.63) is 71.6 Å². The molecular weight excluding hydrogens is 591 g/mol. The van der Waals surface area contributed by atoms with E-state index in [1.807, 2.05) is 21.9 Å². The fourth-order valence-corrected chi connectivity index (χ4v) is 6.95. The molecule has 0 unspecified atom stereocenters. The van der Waals surface area contributed by atoms with E-state index in [0.717, 1.165) is 31.2 Å². The number of aromatic nitrogens is 2. The van der Waals surface area contributed by atoms with Gasteiger partial charge in [-0.1, -0.05) is 26.7 Å². The van der Waals surface area contributed by atoms with E-state index in [1.165, 1.54) is 13.2 Å². The maximum Gasteiger partial charge on any atom is 0.308 e. The first-order valence-electron chi connectivity index (χ1n) is 16.0. The molecule has 11 heteroatoms. The number of rotatable bonds is 14. The number of carboxylic acid groups (broad SMARTS) is 1. The Hall–Kier alpha value is -4.25. The number of ether oxygens (including phenoxy) is 3. The smallest absolute Gasteiger partial charge is 0.308 e. The molecule has 1 aromatic heterocycles. The molecule has 1 saturated heterocycles. The monoisotopic (exact) mass is 634 g/mol. The van der Waals surface area contributed by atoms with Crippen LogP contribution in [0.2, 0.25) is 0 Å². The predicted molar refractivity (Wildman–Crippen MR) is 171 cm³/mol. The highest BCUT2D eigenvalue weighted by Crippen LogP contribution is 2.47. The topological polar surface area (TPSA) is 114 Å². The van der Waals surface area contributed by atoms with E-state index >= 15 is 0 Å². The van der Waals surface area contributed by atoms with Gasteiger partial charge in [-0.15, -0.1) is 0 Å². The average Bonchev–Trinajstić information content (AvgIpc) is 3.67. The highest BCUT2D eigenvalue weighted by Gasteiger charge is 2.48. The number of nitrogens with zero attached hydrogens (tertiary/aromatic N) is 4. The molecule has 0 aliphatic carbocycles. The van der Waals surface area contributed by atoms with E-state index in [2.05, 4.69) is 23.8 Å². The largest absolute Gasteiger partial charge is 0.493 e. The third kappa shape index (κ3) is 7.09. The quantitative estimate of drug-likeness (QED) is 0.236.